The molecule has 0 fully saturated rings. The second-order valence-electron chi connectivity index (χ2n) is 5.25. The van der Waals surface area contributed by atoms with Crippen molar-refractivity contribution in [2.45, 2.75) is 39.8 Å². The number of aryl methyl sites for hydroxylation is 3. The monoisotopic (exact) mass is 258 g/mol. The van der Waals surface area contributed by atoms with Crippen LogP contribution in [0.3, 0.4) is 0 Å². The Balaban J connectivity index is 2.12. The number of aromatic nitrogens is 3. The lowest BCUT2D eigenvalue weighted by molar-refractivity contribution is 0.450. The quantitative estimate of drug-likeness (QED) is 0.896. The van der Waals surface area contributed by atoms with E-state index in [0.29, 0.717) is 5.92 Å². The summed E-state index contributed by atoms with van der Waals surface area (Å²) in [6.07, 6.45) is 0.946. The van der Waals surface area contributed by atoms with Crippen molar-refractivity contribution in [3.8, 4) is 0 Å². The number of hydrogen-bond acceptors (Lipinski definition) is 3. The van der Waals surface area contributed by atoms with Crippen molar-refractivity contribution in [2.24, 2.45) is 11.7 Å². The average molecular weight is 258 g/mol. The molecule has 102 valence electrons. The Labute approximate surface area is 114 Å². The molecule has 0 aliphatic rings. The van der Waals surface area contributed by atoms with Gasteiger partial charge >= 0.3 is 0 Å². The standard InChI is InChI=1S/C15H22N4/c1-11(2)14(16)15-17-12(3)18-19(15)10-9-13-7-5-4-6-8-13/h4-8,11,14H,9-10,16H2,1-3H3/t14-/m1/s1. The molecule has 0 radical (unpaired) electrons. The molecule has 4 nitrogen and oxygen atoms in total. The fraction of sp³-hybridized carbons (Fsp3) is 0.467. The van der Waals surface area contributed by atoms with E-state index in [2.05, 4.69) is 48.2 Å². The molecule has 0 saturated heterocycles. The van der Waals surface area contributed by atoms with Crippen LogP contribution in [0.25, 0.3) is 0 Å². The van der Waals surface area contributed by atoms with Crippen LogP contribution in [0.2, 0.25) is 0 Å². The summed E-state index contributed by atoms with van der Waals surface area (Å²) in [5.41, 5.74) is 7.50. The SMILES string of the molecule is Cc1nc([C@H](N)C(C)C)n(CCc2ccccc2)n1. The van der Waals surface area contributed by atoms with Crippen LogP contribution >= 0.6 is 0 Å². The Morgan fingerprint density at radius 2 is 1.89 bits per heavy atom. The van der Waals surface area contributed by atoms with Crippen LogP contribution in [0.4, 0.5) is 0 Å². The normalized spacial score (nSPS) is 12.9. The lowest BCUT2D eigenvalue weighted by atomic mass is 10.0. The number of nitrogens with zero attached hydrogens (tertiary/aromatic N) is 3. The van der Waals surface area contributed by atoms with Crippen LogP contribution in [-0.2, 0) is 13.0 Å². The minimum atomic E-state index is -0.0584. The van der Waals surface area contributed by atoms with Gasteiger partial charge in [-0.1, -0.05) is 44.2 Å². The van der Waals surface area contributed by atoms with E-state index in [0.717, 1.165) is 24.6 Å². The second kappa shape index (κ2) is 5.97. The van der Waals surface area contributed by atoms with Gasteiger partial charge in [-0.3, -0.25) is 0 Å². The van der Waals surface area contributed by atoms with Crippen LogP contribution in [0, 0.1) is 12.8 Å². The fourth-order valence-electron chi connectivity index (χ4n) is 2.06. The van der Waals surface area contributed by atoms with Gasteiger partial charge in [-0.05, 0) is 24.8 Å². The van der Waals surface area contributed by atoms with Crippen molar-refractivity contribution < 1.29 is 0 Å². The van der Waals surface area contributed by atoms with E-state index >= 15 is 0 Å². The summed E-state index contributed by atoms with van der Waals surface area (Å²) in [6, 6.07) is 10.4. The molecule has 0 unspecified atom stereocenters. The molecule has 1 atom stereocenters. The first kappa shape index (κ1) is 13.7. The molecule has 2 rings (SSSR count). The van der Waals surface area contributed by atoms with Gasteiger partial charge in [0.05, 0.1) is 6.04 Å². The number of nitrogens with two attached hydrogens (primary N) is 1. The van der Waals surface area contributed by atoms with Crippen LogP contribution in [-0.4, -0.2) is 14.8 Å². The minimum Gasteiger partial charge on any atom is -0.321 e. The number of benzene rings is 1. The zero-order chi connectivity index (χ0) is 13.8. The summed E-state index contributed by atoms with van der Waals surface area (Å²) in [6.45, 7) is 6.95. The zero-order valence-corrected chi connectivity index (χ0v) is 11.9. The highest BCUT2D eigenvalue weighted by molar-refractivity contribution is 5.14. The molecule has 1 aromatic carbocycles. The summed E-state index contributed by atoms with van der Waals surface area (Å²) < 4.78 is 1.95. The van der Waals surface area contributed by atoms with Gasteiger partial charge in [0, 0.05) is 6.54 Å². The molecule has 0 amide bonds. The Morgan fingerprint density at radius 1 is 1.21 bits per heavy atom. The van der Waals surface area contributed by atoms with E-state index in [-0.39, 0.29) is 6.04 Å². The minimum absolute atomic E-state index is 0.0584. The largest absolute Gasteiger partial charge is 0.321 e. The van der Waals surface area contributed by atoms with Gasteiger partial charge in [-0.2, -0.15) is 5.10 Å². The van der Waals surface area contributed by atoms with E-state index in [9.17, 15) is 0 Å². The van der Waals surface area contributed by atoms with Crippen molar-refractivity contribution in [1.29, 1.82) is 0 Å². The molecule has 4 heteroatoms. The Morgan fingerprint density at radius 3 is 2.53 bits per heavy atom. The van der Waals surface area contributed by atoms with Gasteiger partial charge in [0.1, 0.15) is 11.6 Å². The van der Waals surface area contributed by atoms with Gasteiger partial charge in [-0.15, -0.1) is 0 Å². The molecule has 1 heterocycles. The highest BCUT2D eigenvalue weighted by Crippen LogP contribution is 2.17. The summed E-state index contributed by atoms with van der Waals surface area (Å²) in [4.78, 5) is 4.47. The molecule has 2 N–H and O–H groups in total. The lowest BCUT2D eigenvalue weighted by Crippen LogP contribution is -2.22. The van der Waals surface area contributed by atoms with Crippen molar-refractivity contribution in [2.75, 3.05) is 0 Å². The van der Waals surface area contributed by atoms with E-state index in [1.807, 2.05) is 17.7 Å². The average Bonchev–Trinajstić information content (AvgIpc) is 2.77. The molecule has 0 aliphatic carbocycles. The maximum absolute atomic E-state index is 6.20. The summed E-state index contributed by atoms with van der Waals surface area (Å²) in [5, 5.41) is 4.45. The Bertz CT molecular complexity index is 516. The second-order valence-corrected chi connectivity index (χ2v) is 5.25. The molecule has 19 heavy (non-hydrogen) atoms. The predicted octanol–water partition coefficient (Wildman–Crippen LogP) is 2.49. The first-order valence-corrected chi connectivity index (χ1v) is 6.78. The van der Waals surface area contributed by atoms with Gasteiger partial charge < -0.3 is 5.73 Å². The molecule has 0 saturated carbocycles. The third kappa shape index (κ3) is 3.41. The topological polar surface area (TPSA) is 56.7 Å². The van der Waals surface area contributed by atoms with Crippen LogP contribution in [0.15, 0.2) is 30.3 Å². The molecule has 0 aliphatic heterocycles. The van der Waals surface area contributed by atoms with Gasteiger partial charge in [0.2, 0.25) is 0 Å². The molecular weight excluding hydrogens is 236 g/mol. The van der Waals surface area contributed by atoms with Crippen LogP contribution in [0.1, 0.15) is 37.1 Å². The Hall–Kier alpha value is -1.68. The maximum atomic E-state index is 6.20. The molecule has 0 bridgehead atoms. The van der Waals surface area contributed by atoms with E-state index in [1.165, 1.54) is 5.56 Å². The van der Waals surface area contributed by atoms with Crippen molar-refractivity contribution >= 4 is 0 Å². The number of rotatable bonds is 5. The summed E-state index contributed by atoms with van der Waals surface area (Å²) in [7, 11) is 0. The van der Waals surface area contributed by atoms with Crippen molar-refractivity contribution in [1.82, 2.24) is 14.8 Å². The fourth-order valence-corrected chi connectivity index (χ4v) is 2.06. The summed E-state index contributed by atoms with van der Waals surface area (Å²) in [5.74, 6) is 2.04. The first-order chi connectivity index (χ1) is 9.08. The third-order valence-electron chi connectivity index (χ3n) is 3.28. The van der Waals surface area contributed by atoms with E-state index < -0.39 is 0 Å². The molecule has 2 aromatic rings. The van der Waals surface area contributed by atoms with Crippen molar-refractivity contribution in [3.63, 3.8) is 0 Å². The van der Waals surface area contributed by atoms with Gasteiger partial charge in [0.25, 0.3) is 0 Å². The van der Waals surface area contributed by atoms with Crippen molar-refractivity contribution in [3.05, 3.63) is 47.5 Å². The Kier molecular flexibility index (Phi) is 4.32. The predicted molar refractivity (Wildman–Crippen MR) is 76.7 cm³/mol. The number of hydrogen-bond donors (Lipinski definition) is 1. The smallest absolute Gasteiger partial charge is 0.147 e. The van der Waals surface area contributed by atoms with Crippen LogP contribution in [0.5, 0.6) is 0 Å². The maximum Gasteiger partial charge on any atom is 0.147 e. The highest BCUT2D eigenvalue weighted by atomic mass is 15.4. The molecular formula is C15H22N4. The van der Waals surface area contributed by atoms with Gasteiger partial charge in [-0.25, -0.2) is 9.67 Å². The van der Waals surface area contributed by atoms with E-state index in [1.54, 1.807) is 0 Å². The lowest BCUT2D eigenvalue weighted by Gasteiger charge is -2.15. The molecule has 0 spiro atoms. The first-order valence-electron chi connectivity index (χ1n) is 6.78. The molecule has 1 aromatic heterocycles. The van der Waals surface area contributed by atoms with E-state index in [4.69, 9.17) is 5.73 Å². The highest BCUT2D eigenvalue weighted by Gasteiger charge is 2.18. The zero-order valence-electron chi connectivity index (χ0n) is 11.9. The summed E-state index contributed by atoms with van der Waals surface area (Å²) >= 11 is 0. The van der Waals surface area contributed by atoms with Crippen LogP contribution < -0.4 is 5.73 Å². The third-order valence-corrected chi connectivity index (χ3v) is 3.28. The van der Waals surface area contributed by atoms with Gasteiger partial charge in [0.15, 0.2) is 0 Å².